The van der Waals surface area contributed by atoms with Gasteiger partial charge < -0.3 is 0 Å². The molecule has 0 aliphatic rings. The molecule has 3 atom stereocenters. The van der Waals surface area contributed by atoms with Gasteiger partial charge in [-0.25, -0.2) is 0 Å². The van der Waals surface area contributed by atoms with Crippen molar-refractivity contribution < 1.29 is 0 Å². The van der Waals surface area contributed by atoms with Crippen molar-refractivity contribution in [2.75, 3.05) is 0 Å². The summed E-state index contributed by atoms with van der Waals surface area (Å²) in [6, 6.07) is 7.49. The molecule has 1 rings (SSSR count). The summed E-state index contributed by atoms with van der Waals surface area (Å²) in [6.45, 7) is 14.1. The van der Waals surface area contributed by atoms with Crippen LogP contribution in [0.4, 0.5) is 0 Å². The molecule has 0 heteroatoms. The van der Waals surface area contributed by atoms with Crippen LogP contribution in [0.3, 0.4) is 0 Å². The van der Waals surface area contributed by atoms with E-state index >= 15 is 0 Å². The van der Waals surface area contributed by atoms with E-state index in [4.69, 9.17) is 0 Å². The second kappa shape index (κ2) is 11.7. The summed E-state index contributed by atoms with van der Waals surface area (Å²) in [5.41, 5.74) is 4.74. The van der Waals surface area contributed by atoms with Crippen LogP contribution >= 0.6 is 0 Å². The van der Waals surface area contributed by atoms with Crippen molar-refractivity contribution in [3.63, 3.8) is 0 Å². The molecule has 0 saturated carbocycles. The fourth-order valence-corrected chi connectivity index (χ4v) is 3.12. The normalized spacial score (nSPS) is 15.2. The van der Waals surface area contributed by atoms with Crippen LogP contribution in [0.2, 0.25) is 0 Å². The lowest BCUT2D eigenvalue weighted by molar-refractivity contribution is 0.509. The van der Waals surface area contributed by atoms with E-state index in [0.717, 1.165) is 17.8 Å². The Hall–Kier alpha value is -0.780. The summed E-state index contributed by atoms with van der Waals surface area (Å²) >= 11 is 0. The lowest BCUT2D eigenvalue weighted by Crippen LogP contribution is -2.02. The SMILES string of the molecule is CCC(C)CCc1cc(CCC(C)CC)cc(CCC(C)CC)c1. The summed E-state index contributed by atoms with van der Waals surface area (Å²) in [5, 5.41) is 0. The Morgan fingerprint density at radius 2 is 0.792 bits per heavy atom. The Morgan fingerprint density at radius 1 is 0.542 bits per heavy atom. The van der Waals surface area contributed by atoms with Crippen molar-refractivity contribution in [1.82, 2.24) is 0 Å². The number of hydrogen-bond donors (Lipinski definition) is 0. The molecular formula is C24H42. The third-order valence-electron chi connectivity index (χ3n) is 5.98. The van der Waals surface area contributed by atoms with Gasteiger partial charge in [0.1, 0.15) is 0 Å². The Balaban J connectivity index is 2.79. The molecule has 0 heterocycles. The largest absolute Gasteiger partial charge is 0.0651 e. The summed E-state index contributed by atoms with van der Waals surface area (Å²) in [7, 11) is 0. The number of benzene rings is 1. The standard InChI is InChI=1S/C24H42/c1-7-19(4)10-13-22-16-23(14-11-20(5)8-2)18-24(17-22)15-12-21(6)9-3/h16-21H,7-15H2,1-6H3. The molecule has 0 nitrogen and oxygen atoms in total. The van der Waals surface area contributed by atoms with Crippen LogP contribution in [0, 0.1) is 17.8 Å². The zero-order valence-electron chi connectivity index (χ0n) is 17.3. The maximum absolute atomic E-state index is 2.50. The van der Waals surface area contributed by atoms with E-state index in [1.807, 2.05) is 0 Å². The molecule has 138 valence electrons. The topological polar surface area (TPSA) is 0 Å². The quantitative estimate of drug-likeness (QED) is 0.369. The smallest absolute Gasteiger partial charge is 0.0276 e. The van der Waals surface area contributed by atoms with E-state index in [9.17, 15) is 0 Å². The Bertz CT molecular complexity index is 366. The Labute approximate surface area is 152 Å². The average molecular weight is 331 g/mol. The molecular weight excluding hydrogens is 288 g/mol. The number of rotatable bonds is 12. The molecule has 0 bridgehead atoms. The third kappa shape index (κ3) is 8.36. The maximum Gasteiger partial charge on any atom is -0.0276 e. The van der Waals surface area contributed by atoms with Gasteiger partial charge >= 0.3 is 0 Å². The predicted molar refractivity (Wildman–Crippen MR) is 110 cm³/mol. The van der Waals surface area contributed by atoms with Gasteiger partial charge in [-0.2, -0.15) is 0 Å². The second-order valence-electron chi connectivity index (χ2n) is 8.31. The number of hydrogen-bond acceptors (Lipinski definition) is 0. The van der Waals surface area contributed by atoms with Gasteiger partial charge in [0.25, 0.3) is 0 Å². The third-order valence-corrected chi connectivity index (χ3v) is 5.98. The zero-order chi connectivity index (χ0) is 17.9. The molecule has 0 saturated heterocycles. The molecule has 0 amide bonds. The van der Waals surface area contributed by atoms with Gasteiger partial charge in [0.05, 0.1) is 0 Å². The van der Waals surface area contributed by atoms with Crippen molar-refractivity contribution >= 4 is 0 Å². The minimum Gasteiger partial charge on any atom is -0.0651 e. The van der Waals surface area contributed by atoms with Crippen LogP contribution in [-0.4, -0.2) is 0 Å². The molecule has 0 N–H and O–H groups in total. The van der Waals surface area contributed by atoms with Crippen molar-refractivity contribution in [2.24, 2.45) is 17.8 Å². The van der Waals surface area contributed by atoms with Crippen molar-refractivity contribution in [1.29, 1.82) is 0 Å². The average Bonchev–Trinajstić information content (AvgIpc) is 2.61. The van der Waals surface area contributed by atoms with Crippen LogP contribution in [0.25, 0.3) is 0 Å². The van der Waals surface area contributed by atoms with Crippen molar-refractivity contribution in [3.8, 4) is 0 Å². The lowest BCUT2D eigenvalue weighted by atomic mass is 9.91. The molecule has 0 aliphatic carbocycles. The van der Waals surface area contributed by atoms with E-state index in [1.54, 1.807) is 16.7 Å². The molecule has 0 aliphatic heterocycles. The highest BCUT2D eigenvalue weighted by molar-refractivity contribution is 5.31. The van der Waals surface area contributed by atoms with Crippen molar-refractivity contribution in [2.45, 2.75) is 99.3 Å². The Morgan fingerprint density at radius 3 is 1.00 bits per heavy atom. The Kier molecular flexibility index (Phi) is 10.4. The first-order chi connectivity index (χ1) is 11.5. The van der Waals surface area contributed by atoms with Crippen LogP contribution in [0.1, 0.15) is 96.8 Å². The van der Waals surface area contributed by atoms with E-state index in [-0.39, 0.29) is 0 Å². The first-order valence-electron chi connectivity index (χ1n) is 10.6. The fourth-order valence-electron chi connectivity index (χ4n) is 3.12. The minimum absolute atomic E-state index is 0.845. The highest BCUT2D eigenvalue weighted by Crippen LogP contribution is 2.21. The van der Waals surface area contributed by atoms with Crippen LogP contribution < -0.4 is 0 Å². The molecule has 1 aromatic rings. The molecule has 0 spiro atoms. The minimum atomic E-state index is 0.845. The molecule has 0 fully saturated rings. The van der Waals surface area contributed by atoms with Gasteiger partial charge in [0.15, 0.2) is 0 Å². The second-order valence-corrected chi connectivity index (χ2v) is 8.31. The van der Waals surface area contributed by atoms with Gasteiger partial charge in [0, 0.05) is 0 Å². The van der Waals surface area contributed by atoms with Gasteiger partial charge in [0.2, 0.25) is 0 Å². The summed E-state index contributed by atoms with van der Waals surface area (Å²) in [5.74, 6) is 2.53. The summed E-state index contributed by atoms with van der Waals surface area (Å²) < 4.78 is 0. The van der Waals surface area contributed by atoms with E-state index in [2.05, 4.69) is 59.7 Å². The van der Waals surface area contributed by atoms with Crippen LogP contribution in [0.15, 0.2) is 18.2 Å². The molecule has 0 aromatic heterocycles. The highest BCUT2D eigenvalue weighted by atomic mass is 14.1. The molecule has 3 unspecified atom stereocenters. The zero-order valence-corrected chi connectivity index (χ0v) is 17.3. The van der Waals surface area contributed by atoms with E-state index < -0.39 is 0 Å². The summed E-state index contributed by atoms with van der Waals surface area (Å²) in [6.07, 6.45) is 11.6. The first-order valence-corrected chi connectivity index (χ1v) is 10.6. The van der Waals surface area contributed by atoms with Crippen molar-refractivity contribution in [3.05, 3.63) is 34.9 Å². The molecule has 1 aromatic carbocycles. The fraction of sp³-hybridized carbons (Fsp3) is 0.750. The molecule has 24 heavy (non-hydrogen) atoms. The van der Waals surface area contributed by atoms with E-state index in [1.165, 1.54) is 57.8 Å². The predicted octanol–water partition coefficient (Wildman–Crippen LogP) is 7.62. The highest BCUT2D eigenvalue weighted by Gasteiger charge is 2.07. The lowest BCUT2D eigenvalue weighted by Gasteiger charge is -2.15. The van der Waals surface area contributed by atoms with Gasteiger partial charge in [-0.15, -0.1) is 0 Å². The first kappa shape index (κ1) is 21.3. The van der Waals surface area contributed by atoms with Gasteiger partial charge in [-0.3, -0.25) is 0 Å². The monoisotopic (exact) mass is 330 g/mol. The van der Waals surface area contributed by atoms with Crippen LogP contribution in [-0.2, 0) is 19.3 Å². The number of aryl methyl sites for hydroxylation is 3. The van der Waals surface area contributed by atoms with Gasteiger partial charge in [-0.1, -0.05) is 79.0 Å². The maximum atomic E-state index is 2.50. The molecule has 0 radical (unpaired) electrons. The van der Waals surface area contributed by atoms with Crippen LogP contribution in [0.5, 0.6) is 0 Å². The van der Waals surface area contributed by atoms with Gasteiger partial charge in [-0.05, 0) is 73.0 Å². The summed E-state index contributed by atoms with van der Waals surface area (Å²) in [4.78, 5) is 0. The van der Waals surface area contributed by atoms with E-state index in [0.29, 0.717) is 0 Å².